The number of halogens is 1. The van der Waals surface area contributed by atoms with Gasteiger partial charge in [0, 0.05) is 4.47 Å². The van der Waals surface area contributed by atoms with Crippen molar-refractivity contribution in [2.75, 3.05) is 0 Å². The second kappa shape index (κ2) is 2.84. The van der Waals surface area contributed by atoms with E-state index in [0.717, 1.165) is 0 Å². The number of nitrogens with one attached hydrogen (secondary N) is 1. The maximum Gasteiger partial charge on any atom is 0.270 e. The molecule has 0 spiro atoms. The molecule has 0 bridgehead atoms. The Hall–Kier alpha value is -0.830. The highest BCUT2D eigenvalue weighted by atomic mass is 79.9. The average molecular weight is 199 g/mol. The Kier molecular flexibility index (Phi) is 2.06. The number of carbonyl (C=O) groups is 1. The van der Waals surface area contributed by atoms with Gasteiger partial charge >= 0.3 is 0 Å². The van der Waals surface area contributed by atoms with Crippen LogP contribution in [-0.4, -0.2) is 5.91 Å². The number of rotatable bonds is 1. The van der Waals surface area contributed by atoms with E-state index in [0.29, 0.717) is 10.0 Å². The average Bonchev–Trinajstić information content (AvgIpc) is 1.88. The summed E-state index contributed by atoms with van der Waals surface area (Å²) in [5.41, 5.74) is 7.20. The molecule has 1 rings (SSSR count). The standard InChI is InChI=1S/C7H5BrNO/c8-6-4-2-1-3-5(6)7(9)10/h1-4,9H. The summed E-state index contributed by atoms with van der Waals surface area (Å²) >= 11 is 3.16. The van der Waals surface area contributed by atoms with Crippen LogP contribution in [0.3, 0.4) is 0 Å². The quantitative estimate of drug-likeness (QED) is 0.680. The highest BCUT2D eigenvalue weighted by Crippen LogP contribution is 2.14. The first kappa shape index (κ1) is 7.28. The summed E-state index contributed by atoms with van der Waals surface area (Å²) in [7, 11) is 0. The van der Waals surface area contributed by atoms with Crippen LogP contribution < -0.4 is 5.73 Å². The SMILES string of the molecule is [NH]C(=O)c1ccccc1Br. The van der Waals surface area contributed by atoms with Gasteiger partial charge in [-0.25, -0.2) is 0 Å². The van der Waals surface area contributed by atoms with Gasteiger partial charge in [0.15, 0.2) is 0 Å². The molecule has 0 aliphatic carbocycles. The minimum atomic E-state index is -0.660. The highest BCUT2D eigenvalue weighted by molar-refractivity contribution is 9.10. The summed E-state index contributed by atoms with van der Waals surface area (Å²) in [5, 5.41) is 0. The lowest BCUT2D eigenvalue weighted by molar-refractivity contribution is 0.0991. The molecule has 1 radical (unpaired) electrons. The van der Waals surface area contributed by atoms with E-state index in [1.807, 2.05) is 0 Å². The Morgan fingerprint density at radius 3 is 2.40 bits per heavy atom. The molecule has 0 heterocycles. The monoisotopic (exact) mass is 198 g/mol. The van der Waals surface area contributed by atoms with Crippen LogP contribution in [0.4, 0.5) is 0 Å². The fraction of sp³-hybridized carbons (Fsp3) is 0. The van der Waals surface area contributed by atoms with Crippen LogP contribution in [0, 0.1) is 0 Å². The summed E-state index contributed by atoms with van der Waals surface area (Å²) in [5.74, 6) is -0.660. The second-order valence-corrected chi connectivity index (χ2v) is 2.66. The van der Waals surface area contributed by atoms with Gasteiger partial charge in [0.25, 0.3) is 5.91 Å². The van der Waals surface area contributed by atoms with Crippen LogP contribution in [0.5, 0.6) is 0 Å². The summed E-state index contributed by atoms with van der Waals surface area (Å²) in [6.45, 7) is 0. The predicted octanol–water partition coefficient (Wildman–Crippen LogP) is 1.87. The van der Waals surface area contributed by atoms with Gasteiger partial charge in [-0.1, -0.05) is 12.1 Å². The topological polar surface area (TPSA) is 40.9 Å². The fourth-order valence-corrected chi connectivity index (χ4v) is 1.11. The Labute approximate surface area is 67.2 Å². The molecule has 0 aliphatic heterocycles. The second-order valence-electron chi connectivity index (χ2n) is 1.81. The van der Waals surface area contributed by atoms with Crippen LogP contribution in [0.15, 0.2) is 28.7 Å². The van der Waals surface area contributed by atoms with Crippen LogP contribution >= 0.6 is 15.9 Å². The molecule has 1 aromatic rings. The number of benzene rings is 1. The lowest BCUT2D eigenvalue weighted by Crippen LogP contribution is -1.98. The van der Waals surface area contributed by atoms with Gasteiger partial charge < -0.3 is 0 Å². The number of hydrogen-bond acceptors (Lipinski definition) is 1. The normalized spacial score (nSPS) is 9.30. The Morgan fingerprint density at radius 2 is 2.00 bits per heavy atom. The Morgan fingerprint density at radius 1 is 1.40 bits per heavy atom. The molecular weight excluding hydrogens is 194 g/mol. The highest BCUT2D eigenvalue weighted by Gasteiger charge is 2.03. The maximum atomic E-state index is 10.5. The van der Waals surface area contributed by atoms with E-state index in [-0.39, 0.29) is 0 Å². The van der Waals surface area contributed by atoms with Crippen molar-refractivity contribution in [1.29, 1.82) is 0 Å². The van der Waals surface area contributed by atoms with Gasteiger partial charge in [0.1, 0.15) is 0 Å². The molecule has 0 atom stereocenters. The van der Waals surface area contributed by atoms with Crippen LogP contribution in [0.25, 0.3) is 0 Å². The third-order valence-electron chi connectivity index (χ3n) is 1.12. The molecule has 0 saturated carbocycles. The Bertz CT molecular complexity index is 260. The molecular formula is C7H5BrNO. The molecule has 1 amide bonds. The molecule has 0 fully saturated rings. The van der Waals surface area contributed by atoms with Gasteiger partial charge in [-0.3, -0.25) is 10.5 Å². The molecule has 0 unspecified atom stereocenters. The summed E-state index contributed by atoms with van der Waals surface area (Å²) in [4.78, 5) is 10.5. The van der Waals surface area contributed by atoms with Gasteiger partial charge in [0.2, 0.25) is 0 Å². The maximum absolute atomic E-state index is 10.5. The fourth-order valence-electron chi connectivity index (χ4n) is 0.645. The van der Waals surface area contributed by atoms with Crippen molar-refractivity contribution in [2.45, 2.75) is 0 Å². The number of carbonyl (C=O) groups excluding carboxylic acids is 1. The van der Waals surface area contributed by atoms with Gasteiger partial charge in [0.05, 0.1) is 5.56 Å². The molecule has 1 N–H and O–H groups in total. The van der Waals surface area contributed by atoms with Gasteiger partial charge in [-0.15, -0.1) is 0 Å². The van der Waals surface area contributed by atoms with Crippen molar-refractivity contribution < 1.29 is 4.79 Å². The van der Waals surface area contributed by atoms with Crippen molar-refractivity contribution in [3.05, 3.63) is 34.3 Å². The van der Waals surface area contributed by atoms with Crippen molar-refractivity contribution >= 4 is 21.8 Å². The largest absolute Gasteiger partial charge is 0.270 e. The zero-order chi connectivity index (χ0) is 7.56. The van der Waals surface area contributed by atoms with E-state index in [1.165, 1.54) is 0 Å². The van der Waals surface area contributed by atoms with E-state index >= 15 is 0 Å². The zero-order valence-corrected chi connectivity index (χ0v) is 6.68. The summed E-state index contributed by atoms with van der Waals surface area (Å²) in [6.07, 6.45) is 0. The van der Waals surface area contributed by atoms with Gasteiger partial charge in [-0.2, -0.15) is 0 Å². The third kappa shape index (κ3) is 1.36. The molecule has 51 valence electrons. The molecule has 1 aromatic carbocycles. The molecule has 0 aromatic heterocycles. The smallest absolute Gasteiger partial charge is 0.267 e. The van der Waals surface area contributed by atoms with E-state index in [1.54, 1.807) is 24.3 Å². The first-order valence-electron chi connectivity index (χ1n) is 2.72. The van der Waals surface area contributed by atoms with Gasteiger partial charge in [-0.05, 0) is 28.1 Å². The van der Waals surface area contributed by atoms with Crippen LogP contribution in [0.1, 0.15) is 10.4 Å². The summed E-state index contributed by atoms with van der Waals surface area (Å²) < 4.78 is 0.676. The minimum absolute atomic E-state index is 0.405. The molecule has 2 nitrogen and oxygen atoms in total. The number of hydrogen-bond donors (Lipinski definition) is 0. The molecule has 3 heteroatoms. The Balaban J connectivity index is 3.15. The first-order chi connectivity index (χ1) is 4.72. The van der Waals surface area contributed by atoms with E-state index in [2.05, 4.69) is 15.9 Å². The molecule has 0 aliphatic rings. The van der Waals surface area contributed by atoms with Crippen molar-refractivity contribution in [3.63, 3.8) is 0 Å². The lowest BCUT2D eigenvalue weighted by Gasteiger charge is -1.94. The van der Waals surface area contributed by atoms with Crippen LogP contribution in [-0.2, 0) is 0 Å². The van der Waals surface area contributed by atoms with Crippen molar-refractivity contribution in [1.82, 2.24) is 5.73 Å². The van der Waals surface area contributed by atoms with Crippen molar-refractivity contribution in [3.8, 4) is 0 Å². The first-order valence-corrected chi connectivity index (χ1v) is 3.51. The molecule has 0 saturated heterocycles. The van der Waals surface area contributed by atoms with Crippen LogP contribution in [0.2, 0.25) is 0 Å². The van der Waals surface area contributed by atoms with E-state index < -0.39 is 5.91 Å². The minimum Gasteiger partial charge on any atom is -0.267 e. The lowest BCUT2D eigenvalue weighted by atomic mass is 10.2. The predicted molar refractivity (Wildman–Crippen MR) is 41.6 cm³/mol. The third-order valence-corrected chi connectivity index (χ3v) is 1.81. The van der Waals surface area contributed by atoms with Crippen molar-refractivity contribution in [2.24, 2.45) is 0 Å². The zero-order valence-electron chi connectivity index (χ0n) is 5.10. The number of amides is 1. The van der Waals surface area contributed by atoms with E-state index in [9.17, 15) is 4.79 Å². The summed E-state index contributed by atoms with van der Waals surface area (Å²) in [6, 6.07) is 6.88. The molecule has 10 heavy (non-hydrogen) atoms. The van der Waals surface area contributed by atoms with E-state index in [4.69, 9.17) is 5.73 Å².